The van der Waals surface area contributed by atoms with Crippen molar-refractivity contribution < 1.29 is 45.0 Å². The Balaban J connectivity index is 1.59. The topological polar surface area (TPSA) is 35.9 Å². The first-order valence-corrected chi connectivity index (χ1v) is 13.3. The van der Waals surface area contributed by atoms with Crippen molar-refractivity contribution in [3.63, 3.8) is 0 Å². The fourth-order valence-corrected chi connectivity index (χ4v) is 5.92. The summed E-state index contributed by atoms with van der Waals surface area (Å²) in [7, 11) is 0. The number of fused-ring (bicyclic) bond motifs is 1. The van der Waals surface area contributed by atoms with Crippen molar-refractivity contribution in [2.45, 2.75) is 49.2 Å². The Kier molecular flexibility index (Phi) is 7.80. The lowest BCUT2D eigenvalue weighted by Gasteiger charge is -2.36. The number of alkyl halides is 8. The van der Waals surface area contributed by atoms with Gasteiger partial charge in [-0.1, -0.05) is 42.5 Å². The van der Waals surface area contributed by atoms with Gasteiger partial charge in [0.25, 0.3) is 5.92 Å². The van der Waals surface area contributed by atoms with Gasteiger partial charge in [-0.15, -0.1) is 13.2 Å². The van der Waals surface area contributed by atoms with E-state index in [9.17, 15) is 40.2 Å². The highest BCUT2D eigenvalue weighted by Crippen LogP contribution is 2.48. The summed E-state index contributed by atoms with van der Waals surface area (Å²) in [6.45, 7) is -0.548. The predicted octanol–water partition coefficient (Wildman–Crippen LogP) is 7.09. The number of β-amino-alcohol motifs (C(OH)–C–C–N with tert-alkyl or cyclic N) is 1. The molecular weight excluding hydrogens is 572 g/mol. The molecule has 0 bridgehead atoms. The summed E-state index contributed by atoms with van der Waals surface area (Å²) in [6, 6.07) is 19.3. The van der Waals surface area contributed by atoms with Gasteiger partial charge in [-0.05, 0) is 53.4 Å². The average Bonchev–Trinajstić information content (AvgIpc) is 3.21. The summed E-state index contributed by atoms with van der Waals surface area (Å²) in [4.78, 5) is 3.25. The lowest BCUT2D eigenvalue weighted by molar-refractivity contribution is -0.274. The van der Waals surface area contributed by atoms with Gasteiger partial charge in [0.1, 0.15) is 5.75 Å². The number of benzene rings is 3. The van der Waals surface area contributed by atoms with Gasteiger partial charge in [0.15, 0.2) is 6.10 Å². The molecule has 42 heavy (non-hydrogen) atoms. The van der Waals surface area contributed by atoms with Crippen LogP contribution in [-0.2, 0) is 11.8 Å². The van der Waals surface area contributed by atoms with E-state index in [1.807, 2.05) is 4.90 Å². The number of para-hydroxylation sites is 1. The number of ether oxygens (including phenoxy) is 1. The molecule has 2 aliphatic rings. The third kappa shape index (κ3) is 6.43. The number of nitrogens with zero attached hydrogens (tertiary/aromatic N) is 2. The van der Waals surface area contributed by atoms with E-state index in [0.29, 0.717) is 28.1 Å². The monoisotopic (exact) mass is 600 g/mol. The molecule has 1 unspecified atom stereocenters. The maximum absolute atomic E-state index is 13.8. The number of halogens is 8. The summed E-state index contributed by atoms with van der Waals surface area (Å²) in [5.74, 6) is -3.20. The van der Waals surface area contributed by atoms with Crippen LogP contribution in [0.4, 0.5) is 46.5 Å². The van der Waals surface area contributed by atoms with Crippen LogP contribution >= 0.6 is 0 Å². The lowest BCUT2D eigenvalue weighted by Crippen LogP contribution is -2.44. The van der Waals surface area contributed by atoms with Crippen molar-refractivity contribution in [3.8, 4) is 5.75 Å². The van der Waals surface area contributed by atoms with E-state index in [1.165, 1.54) is 17.0 Å². The molecule has 2 aliphatic heterocycles. The lowest BCUT2D eigenvalue weighted by atomic mass is 9.71. The van der Waals surface area contributed by atoms with Gasteiger partial charge in [0, 0.05) is 49.3 Å². The van der Waals surface area contributed by atoms with Crippen LogP contribution in [0.25, 0.3) is 0 Å². The second kappa shape index (κ2) is 10.9. The number of anilines is 2. The summed E-state index contributed by atoms with van der Waals surface area (Å²) >= 11 is 0. The highest BCUT2D eigenvalue weighted by Gasteiger charge is 2.47. The molecule has 0 amide bonds. The molecule has 226 valence electrons. The van der Waals surface area contributed by atoms with Gasteiger partial charge in [-0.3, -0.25) is 0 Å². The molecule has 0 aromatic heterocycles. The second-order valence-corrected chi connectivity index (χ2v) is 10.8. The van der Waals surface area contributed by atoms with Gasteiger partial charge >= 0.3 is 12.5 Å². The normalized spacial score (nSPS) is 21.3. The minimum atomic E-state index is -4.92. The zero-order valence-electron chi connectivity index (χ0n) is 22.2. The van der Waals surface area contributed by atoms with Gasteiger partial charge in [-0.2, -0.15) is 13.2 Å². The number of rotatable bonds is 7. The van der Waals surface area contributed by atoms with Gasteiger partial charge in [-0.25, -0.2) is 8.78 Å². The van der Waals surface area contributed by atoms with Crippen LogP contribution in [0.1, 0.15) is 29.5 Å². The molecule has 3 aromatic rings. The van der Waals surface area contributed by atoms with Crippen LogP contribution in [0.3, 0.4) is 0 Å². The van der Waals surface area contributed by atoms with Crippen LogP contribution in [0.2, 0.25) is 0 Å². The number of aliphatic hydroxyl groups excluding tert-OH is 1. The van der Waals surface area contributed by atoms with E-state index in [1.54, 1.807) is 54.6 Å². The fourth-order valence-electron chi connectivity index (χ4n) is 5.92. The van der Waals surface area contributed by atoms with E-state index in [0.717, 1.165) is 6.07 Å². The minimum absolute atomic E-state index is 0.0225. The molecule has 3 aromatic carbocycles. The SMILES string of the molecule is O[C@H](CN1CC(Cc2cccc(OC(F)(F)F)c2)(c2cccc(N3CCC(F)(F)CC3)c2)c2ccccc21)C(F)(F)F. The van der Waals surface area contributed by atoms with Crippen LogP contribution in [0, 0.1) is 0 Å². The third-order valence-electron chi connectivity index (χ3n) is 7.89. The number of hydrogen-bond acceptors (Lipinski definition) is 4. The van der Waals surface area contributed by atoms with Crippen molar-refractivity contribution in [1.82, 2.24) is 0 Å². The number of hydrogen-bond donors (Lipinski definition) is 1. The molecule has 4 nitrogen and oxygen atoms in total. The van der Waals surface area contributed by atoms with Crippen LogP contribution in [0.5, 0.6) is 5.75 Å². The largest absolute Gasteiger partial charge is 0.573 e. The predicted molar refractivity (Wildman–Crippen MR) is 141 cm³/mol. The highest BCUT2D eigenvalue weighted by atomic mass is 19.4. The molecule has 2 heterocycles. The van der Waals surface area contributed by atoms with Crippen molar-refractivity contribution >= 4 is 11.4 Å². The first-order valence-electron chi connectivity index (χ1n) is 13.3. The molecule has 0 radical (unpaired) electrons. The van der Waals surface area contributed by atoms with Gasteiger partial charge in [0.2, 0.25) is 0 Å². The summed E-state index contributed by atoms with van der Waals surface area (Å²) < 4.78 is 111. The number of piperidine rings is 1. The van der Waals surface area contributed by atoms with Gasteiger partial charge < -0.3 is 19.6 Å². The van der Waals surface area contributed by atoms with Crippen LogP contribution in [0.15, 0.2) is 72.8 Å². The Morgan fingerprint density at radius 2 is 1.55 bits per heavy atom. The smallest absolute Gasteiger partial charge is 0.406 e. The molecule has 1 N–H and O–H groups in total. The van der Waals surface area contributed by atoms with Crippen LogP contribution in [-0.4, -0.2) is 55.9 Å². The number of aliphatic hydroxyl groups is 1. The Labute approximate surface area is 237 Å². The van der Waals surface area contributed by atoms with Crippen molar-refractivity contribution in [3.05, 3.63) is 89.5 Å². The maximum Gasteiger partial charge on any atom is 0.573 e. The molecule has 2 atom stereocenters. The van der Waals surface area contributed by atoms with Gasteiger partial charge in [0.05, 0.1) is 6.54 Å². The molecule has 1 fully saturated rings. The molecule has 0 spiro atoms. The molecule has 0 aliphatic carbocycles. The Bertz CT molecular complexity index is 1400. The second-order valence-electron chi connectivity index (χ2n) is 10.8. The standard InChI is InChI=1S/C30H28F8N2O2/c31-28(32)11-13-39(14-12-28)22-7-4-6-21(16-22)27(17-20-5-3-8-23(15-20)42-30(36,37)38)19-40(18-26(41)29(33,34)35)25-10-2-1-9-24(25)27/h1-10,15-16,26,41H,11-14,17-19H2/t26-,27?/m1/s1. The average molecular weight is 601 g/mol. The zero-order chi connectivity index (χ0) is 30.3. The van der Waals surface area contributed by atoms with Crippen molar-refractivity contribution in [2.75, 3.05) is 36.0 Å². The quantitative estimate of drug-likeness (QED) is 0.294. The van der Waals surface area contributed by atoms with E-state index in [2.05, 4.69) is 4.74 Å². The summed E-state index contributed by atoms with van der Waals surface area (Å²) in [5, 5.41) is 9.95. The molecule has 12 heteroatoms. The molecular formula is C30H28F8N2O2. The van der Waals surface area contributed by atoms with Crippen LogP contribution < -0.4 is 14.5 Å². The highest BCUT2D eigenvalue weighted by molar-refractivity contribution is 5.68. The van der Waals surface area contributed by atoms with E-state index < -0.39 is 42.3 Å². The summed E-state index contributed by atoms with van der Waals surface area (Å²) in [6.07, 6.45) is -13.0. The summed E-state index contributed by atoms with van der Waals surface area (Å²) in [5.41, 5.74) is 1.76. The minimum Gasteiger partial charge on any atom is -0.406 e. The van der Waals surface area contributed by atoms with E-state index in [4.69, 9.17) is 0 Å². The molecule has 0 saturated carbocycles. The first kappa shape index (κ1) is 29.9. The fraction of sp³-hybridized carbons (Fsp3) is 0.400. The molecule has 1 saturated heterocycles. The Morgan fingerprint density at radius 3 is 2.24 bits per heavy atom. The van der Waals surface area contributed by atoms with E-state index in [-0.39, 0.29) is 38.9 Å². The first-order chi connectivity index (χ1) is 19.7. The van der Waals surface area contributed by atoms with E-state index >= 15 is 0 Å². The zero-order valence-corrected chi connectivity index (χ0v) is 22.2. The molecule has 5 rings (SSSR count). The maximum atomic E-state index is 13.8. The Hall–Kier alpha value is -3.54. The third-order valence-corrected chi connectivity index (χ3v) is 7.89. The Morgan fingerprint density at radius 1 is 0.857 bits per heavy atom. The van der Waals surface area contributed by atoms with Crippen molar-refractivity contribution in [2.24, 2.45) is 0 Å². The van der Waals surface area contributed by atoms with Crippen molar-refractivity contribution in [1.29, 1.82) is 0 Å².